The molecule has 1 atom stereocenters. The SMILES string of the molecule is CC(=O)NS(=O)(=O)c1ccc(NC(=O)C(C)OC(=O)c2c3c(nc4ccccc24)CCN(C(C)C)C3)cc1. The predicted octanol–water partition coefficient (Wildman–Crippen LogP) is 3.01. The van der Waals surface area contributed by atoms with Crippen molar-refractivity contribution in [3.05, 3.63) is 65.4 Å². The highest BCUT2D eigenvalue weighted by Crippen LogP contribution is 2.30. The van der Waals surface area contributed by atoms with Gasteiger partial charge in [0.2, 0.25) is 5.91 Å². The number of amides is 2. The predicted molar refractivity (Wildman–Crippen MR) is 142 cm³/mol. The van der Waals surface area contributed by atoms with Crippen LogP contribution in [0.4, 0.5) is 5.69 Å². The first-order valence-corrected chi connectivity index (χ1v) is 13.7. The third-order valence-electron chi connectivity index (χ3n) is 6.37. The van der Waals surface area contributed by atoms with Crippen molar-refractivity contribution in [2.45, 2.75) is 57.7 Å². The van der Waals surface area contributed by atoms with Crippen molar-refractivity contribution in [1.82, 2.24) is 14.6 Å². The molecule has 1 aliphatic rings. The van der Waals surface area contributed by atoms with Crippen molar-refractivity contribution >= 4 is 44.4 Å². The normalized spacial score (nSPS) is 14.6. The van der Waals surface area contributed by atoms with Gasteiger partial charge < -0.3 is 10.1 Å². The van der Waals surface area contributed by atoms with Crippen LogP contribution in [0.2, 0.25) is 0 Å². The van der Waals surface area contributed by atoms with Crippen LogP contribution in [0.3, 0.4) is 0 Å². The van der Waals surface area contributed by atoms with Gasteiger partial charge in [-0.25, -0.2) is 17.9 Å². The Morgan fingerprint density at radius 2 is 1.71 bits per heavy atom. The second-order valence-electron chi connectivity index (χ2n) is 9.47. The van der Waals surface area contributed by atoms with Crippen LogP contribution in [0, 0.1) is 0 Å². The molecule has 3 aromatic rings. The van der Waals surface area contributed by atoms with Gasteiger partial charge >= 0.3 is 5.97 Å². The number of pyridine rings is 1. The van der Waals surface area contributed by atoms with E-state index in [1.54, 1.807) is 0 Å². The Labute approximate surface area is 221 Å². The van der Waals surface area contributed by atoms with Gasteiger partial charge in [-0.2, -0.15) is 0 Å². The second kappa shape index (κ2) is 10.9. The van der Waals surface area contributed by atoms with Gasteiger partial charge in [0.15, 0.2) is 6.10 Å². The maximum absolute atomic E-state index is 13.5. The first-order chi connectivity index (χ1) is 18.0. The molecule has 0 aliphatic carbocycles. The number of carbonyl (C=O) groups is 3. The Hall–Kier alpha value is -3.83. The molecular weight excluding hydrogens is 508 g/mol. The van der Waals surface area contributed by atoms with Gasteiger partial charge in [-0.15, -0.1) is 0 Å². The zero-order valence-corrected chi connectivity index (χ0v) is 22.5. The van der Waals surface area contributed by atoms with E-state index < -0.39 is 33.9 Å². The largest absolute Gasteiger partial charge is 0.449 e. The number of hydrogen-bond acceptors (Lipinski definition) is 8. The fraction of sp³-hybridized carbons (Fsp3) is 0.333. The van der Waals surface area contributed by atoms with Crippen molar-refractivity contribution in [2.24, 2.45) is 0 Å². The summed E-state index contributed by atoms with van der Waals surface area (Å²) in [5.74, 6) is -1.89. The molecule has 0 fully saturated rings. The Kier molecular flexibility index (Phi) is 7.79. The molecule has 1 unspecified atom stereocenters. The number of hydrogen-bond donors (Lipinski definition) is 2. The summed E-state index contributed by atoms with van der Waals surface area (Å²) >= 11 is 0. The number of anilines is 1. The smallest absolute Gasteiger partial charge is 0.339 e. The molecule has 1 aromatic heterocycles. The zero-order chi connectivity index (χ0) is 27.6. The molecule has 0 spiro atoms. The summed E-state index contributed by atoms with van der Waals surface area (Å²) in [5.41, 5.74) is 3.10. The van der Waals surface area contributed by atoms with Gasteiger partial charge in [0.1, 0.15) is 0 Å². The van der Waals surface area contributed by atoms with Crippen molar-refractivity contribution in [2.75, 3.05) is 11.9 Å². The average Bonchev–Trinajstić information content (AvgIpc) is 2.86. The zero-order valence-electron chi connectivity index (χ0n) is 21.6. The molecule has 2 aromatic carbocycles. The standard InChI is InChI=1S/C27H30N4O6S/c1-16(2)31-14-13-24-22(15-31)25(21-7-5-6-8-23(21)29-24)27(34)37-17(3)26(33)28-19-9-11-20(12-10-19)38(35,36)30-18(4)32/h5-12,16-17H,13-15H2,1-4H3,(H,28,33)(H,30,32). The fourth-order valence-electron chi connectivity index (χ4n) is 4.37. The topological polar surface area (TPSA) is 135 Å². The number of fused-ring (bicyclic) bond motifs is 2. The van der Waals surface area contributed by atoms with E-state index in [0.29, 0.717) is 41.2 Å². The molecule has 38 heavy (non-hydrogen) atoms. The quantitative estimate of drug-likeness (QED) is 0.439. The molecule has 0 saturated heterocycles. The molecule has 2 heterocycles. The molecule has 2 N–H and O–H groups in total. The van der Waals surface area contributed by atoms with Gasteiger partial charge in [0.25, 0.3) is 15.9 Å². The van der Waals surface area contributed by atoms with E-state index in [4.69, 9.17) is 9.72 Å². The number of benzene rings is 2. The minimum Gasteiger partial charge on any atom is -0.449 e. The second-order valence-corrected chi connectivity index (χ2v) is 11.1. The van der Waals surface area contributed by atoms with Crippen LogP contribution in [0.15, 0.2) is 53.4 Å². The number of nitrogens with zero attached hydrogens (tertiary/aromatic N) is 2. The molecular formula is C27H30N4O6S. The van der Waals surface area contributed by atoms with Gasteiger partial charge in [0.05, 0.1) is 16.0 Å². The molecule has 0 radical (unpaired) electrons. The summed E-state index contributed by atoms with van der Waals surface area (Å²) in [4.78, 5) is 44.3. The van der Waals surface area contributed by atoms with E-state index in [1.165, 1.54) is 31.2 Å². The van der Waals surface area contributed by atoms with Crippen LogP contribution in [-0.4, -0.2) is 54.8 Å². The average molecular weight is 539 g/mol. The molecule has 10 nitrogen and oxygen atoms in total. The van der Waals surface area contributed by atoms with Crippen LogP contribution >= 0.6 is 0 Å². The summed E-state index contributed by atoms with van der Waals surface area (Å²) in [5, 5.41) is 3.29. The van der Waals surface area contributed by atoms with Crippen LogP contribution < -0.4 is 10.0 Å². The maximum Gasteiger partial charge on any atom is 0.339 e. The van der Waals surface area contributed by atoms with E-state index in [-0.39, 0.29) is 4.90 Å². The van der Waals surface area contributed by atoms with Gasteiger partial charge in [-0.05, 0) is 51.1 Å². The van der Waals surface area contributed by atoms with Crippen LogP contribution in [0.5, 0.6) is 0 Å². The molecule has 200 valence electrons. The Bertz CT molecular complexity index is 1500. The highest BCUT2D eigenvalue weighted by molar-refractivity contribution is 7.90. The minimum atomic E-state index is -3.99. The summed E-state index contributed by atoms with van der Waals surface area (Å²) in [6.45, 7) is 8.17. The third-order valence-corrected chi connectivity index (χ3v) is 7.82. The van der Waals surface area contributed by atoms with E-state index >= 15 is 0 Å². The highest BCUT2D eigenvalue weighted by atomic mass is 32.2. The Morgan fingerprint density at radius 1 is 1.03 bits per heavy atom. The molecule has 4 rings (SSSR count). The number of rotatable bonds is 7. The summed E-state index contributed by atoms with van der Waals surface area (Å²) < 4.78 is 31.7. The lowest BCUT2D eigenvalue weighted by Crippen LogP contribution is -2.37. The lowest BCUT2D eigenvalue weighted by Gasteiger charge is -2.32. The summed E-state index contributed by atoms with van der Waals surface area (Å²) in [6, 6.07) is 13.0. The fourth-order valence-corrected chi connectivity index (χ4v) is 5.36. The van der Waals surface area contributed by atoms with E-state index in [0.717, 1.165) is 24.7 Å². The van der Waals surface area contributed by atoms with Gasteiger partial charge in [-0.3, -0.25) is 19.5 Å². The monoisotopic (exact) mass is 538 g/mol. The van der Waals surface area contributed by atoms with Crippen molar-refractivity contribution < 1.29 is 27.5 Å². The number of aromatic nitrogens is 1. The molecule has 1 aliphatic heterocycles. The molecule has 0 bridgehead atoms. The minimum absolute atomic E-state index is 0.130. The number of sulfonamides is 1. The first kappa shape index (κ1) is 27.2. The van der Waals surface area contributed by atoms with Gasteiger partial charge in [-0.1, -0.05) is 18.2 Å². The van der Waals surface area contributed by atoms with Crippen LogP contribution in [0.1, 0.15) is 49.3 Å². The molecule has 2 amide bonds. The van der Waals surface area contributed by atoms with Crippen LogP contribution in [-0.2, 0) is 37.3 Å². The number of esters is 1. The van der Waals surface area contributed by atoms with Crippen molar-refractivity contribution in [3.63, 3.8) is 0 Å². The maximum atomic E-state index is 13.5. The van der Waals surface area contributed by atoms with Crippen molar-refractivity contribution in [1.29, 1.82) is 0 Å². The van der Waals surface area contributed by atoms with Crippen LogP contribution in [0.25, 0.3) is 10.9 Å². The Morgan fingerprint density at radius 3 is 2.37 bits per heavy atom. The number of ether oxygens (including phenoxy) is 1. The van der Waals surface area contributed by atoms with Crippen molar-refractivity contribution in [3.8, 4) is 0 Å². The molecule has 11 heteroatoms. The van der Waals surface area contributed by atoms with Gasteiger partial charge in [0, 0.05) is 54.8 Å². The Balaban J connectivity index is 1.53. The third kappa shape index (κ3) is 5.84. The lowest BCUT2D eigenvalue weighted by molar-refractivity contribution is -0.123. The first-order valence-electron chi connectivity index (χ1n) is 12.3. The molecule has 0 saturated carbocycles. The summed E-state index contributed by atoms with van der Waals surface area (Å²) in [7, 11) is -3.99. The van der Waals surface area contributed by atoms with E-state index in [1.807, 2.05) is 29.0 Å². The van der Waals surface area contributed by atoms with E-state index in [9.17, 15) is 22.8 Å². The number of para-hydroxylation sites is 1. The highest BCUT2D eigenvalue weighted by Gasteiger charge is 2.29. The summed E-state index contributed by atoms with van der Waals surface area (Å²) in [6.07, 6.45) is -0.417. The van der Waals surface area contributed by atoms with E-state index in [2.05, 4.69) is 24.1 Å². The lowest BCUT2D eigenvalue weighted by atomic mass is 9.95. The number of nitrogens with one attached hydrogen (secondary N) is 2. The number of carbonyl (C=O) groups excluding carboxylic acids is 3.